The van der Waals surface area contributed by atoms with Gasteiger partial charge in [0.15, 0.2) is 0 Å². The van der Waals surface area contributed by atoms with Gasteiger partial charge in [-0.1, -0.05) is 47.5 Å². The molecular weight excluding hydrogens is 555 g/mol. The van der Waals surface area contributed by atoms with Crippen LogP contribution >= 0.6 is 23.2 Å². The van der Waals surface area contributed by atoms with Crippen LogP contribution in [0.5, 0.6) is 0 Å². The lowest BCUT2D eigenvalue weighted by atomic mass is 9.93. The highest BCUT2D eigenvalue weighted by atomic mass is 35.5. The number of halogens is 2. The normalized spacial score (nSPS) is 20.1. The Morgan fingerprint density at radius 2 is 1.51 bits per heavy atom. The van der Waals surface area contributed by atoms with Gasteiger partial charge in [0.05, 0.1) is 10.0 Å². The molecule has 6 nitrogen and oxygen atoms in total. The molecule has 1 aliphatic carbocycles. The van der Waals surface area contributed by atoms with E-state index in [-0.39, 0.29) is 17.7 Å². The van der Waals surface area contributed by atoms with Crippen molar-refractivity contribution in [2.75, 3.05) is 53.4 Å². The molecule has 2 aromatic carbocycles. The molecule has 1 saturated carbocycles. The summed E-state index contributed by atoms with van der Waals surface area (Å²) in [5, 5.41) is 1.08. The van der Waals surface area contributed by atoms with Crippen LogP contribution in [0.4, 0.5) is 0 Å². The number of benzene rings is 2. The molecule has 3 fully saturated rings. The van der Waals surface area contributed by atoms with E-state index in [0.29, 0.717) is 40.1 Å². The van der Waals surface area contributed by atoms with Gasteiger partial charge < -0.3 is 19.6 Å². The van der Waals surface area contributed by atoms with Crippen molar-refractivity contribution in [1.29, 1.82) is 0 Å². The second-order valence-corrected chi connectivity index (χ2v) is 13.2. The summed E-state index contributed by atoms with van der Waals surface area (Å²) in [6.07, 6.45) is 7.31. The quantitative estimate of drug-likeness (QED) is 0.335. The first kappa shape index (κ1) is 30.3. The van der Waals surface area contributed by atoms with E-state index in [1.54, 1.807) is 0 Å². The van der Waals surface area contributed by atoms with Gasteiger partial charge >= 0.3 is 0 Å². The summed E-state index contributed by atoms with van der Waals surface area (Å²) >= 11 is 12.6. The molecule has 0 spiro atoms. The molecule has 2 aromatic rings. The highest BCUT2D eigenvalue weighted by Gasteiger charge is 2.41. The second-order valence-electron chi connectivity index (χ2n) is 12.3. The van der Waals surface area contributed by atoms with Gasteiger partial charge in [-0.2, -0.15) is 0 Å². The van der Waals surface area contributed by atoms with Crippen molar-refractivity contribution in [3.8, 4) is 0 Å². The molecule has 41 heavy (non-hydrogen) atoms. The van der Waals surface area contributed by atoms with Crippen LogP contribution in [0.2, 0.25) is 10.0 Å². The monoisotopic (exact) mass is 598 g/mol. The van der Waals surface area contributed by atoms with Crippen molar-refractivity contribution < 1.29 is 9.59 Å². The maximum absolute atomic E-state index is 13.4. The Labute approximate surface area is 255 Å². The molecular formula is C33H44Cl2N4O2. The predicted octanol–water partition coefficient (Wildman–Crippen LogP) is 6.04. The number of hydrogen-bond donors (Lipinski definition) is 0. The number of hydrogen-bond acceptors (Lipinski definition) is 4. The Balaban J connectivity index is 1.21. The molecule has 0 N–H and O–H groups in total. The van der Waals surface area contributed by atoms with Crippen LogP contribution in [0.15, 0.2) is 48.5 Å². The number of likely N-dealkylation sites (N-methyl/N-ethyl adjacent to an activating group) is 1. The van der Waals surface area contributed by atoms with Gasteiger partial charge in [-0.15, -0.1) is 0 Å². The number of carbonyl (C=O) groups is 2. The third-order valence-corrected chi connectivity index (χ3v) is 10.0. The summed E-state index contributed by atoms with van der Waals surface area (Å²) in [6, 6.07) is 16.0. The fourth-order valence-corrected chi connectivity index (χ4v) is 6.88. The number of carbonyl (C=O) groups excluding carboxylic acids is 2. The van der Waals surface area contributed by atoms with Crippen LogP contribution in [0.25, 0.3) is 0 Å². The van der Waals surface area contributed by atoms with Crippen LogP contribution in [0.3, 0.4) is 0 Å². The van der Waals surface area contributed by atoms with Crippen LogP contribution in [0, 0.1) is 5.92 Å². The lowest BCUT2D eigenvalue weighted by molar-refractivity contribution is -0.140. The SMILES string of the molecule is CN1CCC(N(C(=O)C2CC2)C2CCN(CC[C@H](CN(C)C(=O)c3ccccc3)c3ccc(Cl)c(Cl)c3)CC2)CC1. The van der Waals surface area contributed by atoms with Gasteiger partial charge in [-0.3, -0.25) is 9.59 Å². The number of rotatable bonds is 10. The minimum Gasteiger partial charge on any atom is -0.341 e. The molecule has 2 saturated heterocycles. The molecule has 5 rings (SSSR count). The zero-order valence-corrected chi connectivity index (χ0v) is 26.0. The average Bonchev–Trinajstić information content (AvgIpc) is 3.84. The maximum atomic E-state index is 13.4. The van der Waals surface area contributed by atoms with Crippen LogP contribution in [-0.4, -0.2) is 96.9 Å². The van der Waals surface area contributed by atoms with Gasteiger partial charge in [0.1, 0.15) is 0 Å². The summed E-state index contributed by atoms with van der Waals surface area (Å²) in [7, 11) is 4.06. The lowest BCUT2D eigenvalue weighted by Gasteiger charge is -2.45. The molecule has 222 valence electrons. The maximum Gasteiger partial charge on any atom is 0.253 e. The van der Waals surface area contributed by atoms with Crippen molar-refractivity contribution >= 4 is 35.0 Å². The van der Waals surface area contributed by atoms with Gasteiger partial charge in [0, 0.05) is 56.2 Å². The first-order valence-electron chi connectivity index (χ1n) is 15.3. The van der Waals surface area contributed by atoms with E-state index in [4.69, 9.17) is 23.2 Å². The number of piperidine rings is 2. The van der Waals surface area contributed by atoms with Gasteiger partial charge in [0.25, 0.3) is 5.91 Å². The third-order valence-electron chi connectivity index (χ3n) is 9.28. The fourth-order valence-electron chi connectivity index (χ4n) is 6.58. The lowest BCUT2D eigenvalue weighted by Crippen LogP contribution is -2.54. The Bertz CT molecular complexity index is 1180. The predicted molar refractivity (Wildman–Crippen MR) is 167 cm³/mol. The van der Waals surface area contributed by atoms with Crippen LogP contribution < -0.4 is 0 Å². The van der Waals surface area contributed by atoms with Crippen LogP contribution in [0.1, 0.15) is 66.8 Å². The standard InChI is InChI=1S/C33H44Cl2N4O2/c1-36-17-13-28(14-18-36)39(33(41)25-8-9-25)29-15-20-38(21-16-29)19-12-27(26-10-11-30(34)31(35)22-26)23-37(2)32(40)24-6-4-3-5-7-24/h3-7,10-11,22,25,27-29H,8-9,12-21,23H2,1-2H3/t27-/m1/s1. The molecule has 0 bridgehead atoms. The first-order chi connectivity index (χ1) is 19.8. The largest absolute Gasteiger partial charge is 0.341 e. The number of nitrogens with zero attached hydrogens (tertiary/aromatic N) is 4. The molecule has 2 amide bonds. The highest BCUT2D eigenvalue weighted by molar-refractivity contribution is 6.42. The summed E-state index contributed by atoms with van der Waals surface area (Å²) in [5.74, 6) is 0.845. The van der Waals surface area contributed by atoms with Crippen molar-refractivity contribution in [3.05, 3.63) is 69.7 Å². The topological polar surface area (TPSA) is 47.1 Å². The Morgan fingerprint density at radius 3 is 2.12 bits per heavy atom. The van der Waals surface area contributed by atoms with E-state index < -0.39 is 0 Å². The van der Waals surface area contributed by atoms with Crippen molar-refractivity contribution in [3.63, 3.8) is 0 Å². The minimum absolute atomic E-state index is 0.0193. The van der Waals surface area contributed by atoms with Crippen molar-refractivity contribution in [2.24, 2.45) is 5.92 Å². The Hall–Kier alpha value is -2.12. The average molecular weight is 600 g/mol. The van der Waals surface area contributed by atoms with Crippen molar-refractivity contribution in [1.82, 2.24) is 19.6 Å². The van der Waals surface area contributed by atoms with E-state index in [1.807, 2.05) is 60.5 Å². The van der Waals surface area contributed by atoms with Gasteiger partial charge in [-0.25, -0.2) is 0 Å². The minimum atomic E-state index is 0.0193. The highest BCUT2D eigenvalue weighted by Crippen LogP contribution is 2.36. The zero-order valence-electron chi connectivity index (χ0n) is 24.5. The summed E-state index contributed by atoms with van der Waals surface area (Å²) in [5.41, 5.74) is 1.80. The molecule has 3 aliphatic rings. The van der Waals surface area contributed by atoms with E-state index in [1.165, 1.54) is 0 Å². The van der Waals surface area contributed by atoms with E-state index in [9.17, 15) is 9.59 Å². The summed E-state index contributed by atoms with van der Waals surface area (Å²) < 4.78 is 0. The molecule has 1 atom stereocenters. The Kier molecular flexibility index (Phi) is 10.3. The molecule has 8 heteroatoms. The molecule has 0 unspecified atom stereocenters. The molecule has 2 heterocycles. The molecule has 0 radical (unpaired) electrons. The Morgan fingerprint density at radius 1 is 0.878 bits per heavy atom. The first-order valence-corrected chi connectivity index (χ1v) is 16.0. The molecule has 0 aromatic heterocycles. The fraction of sp³-hybridized carbons (Fsp3) is 0.576. The number of amides is 2. The van der Waals surface area contributed by atoms with E-state index in [0.717, 1.165) is 83.2 Å². The van der Waals surface area contributed by atoms with Crippen molar-refractivity contribution in [2.45, 2.75) is 62.9 Å². The smallest absolute Gasteiger partial charge is 0.253 e. The summed E-state index contributed by atoms with van der Waals surface area (Å²) in [6.45, 7) is 5.69. The zero-order chi connectivity index (χ0) is 28.9. The molecule has 2 aliphatic heterocycles. The summed E-state index contributed by atoms with van der Waals surface area (Å²) in [4.78, 5) is 35.6. The second kappa shape index (κ2) is 13.9. The van der Waals surface area contributed by atoms with Gasteiger partial charge in [-0.05, 0) is 101 Å². The third kappa shape index (κ3) is 7.84. The van der Waals surface area contributed by atoms with E-state index >= 15 is 0 Å². The van der Waals surface area contributed by atoms with Gasteiger partial charge in [0.2, 0.25) is 5.91 Å². The van der Waals surface area contributed by atoms with E-state index in [2.05, 4.69) is 21.7 Å². The van der Waals surface area contributed by atoms with Crippen LogP contribution in [-0.2, 0) is 4.79 Å². The number of likely N-dealkylation sites (tertiary alicyclic amines) is 2.